The Bertz CT molecular complexity index is 552. The van der Waals surface area contributed by atoms with Crippen LogP contribution in [0.3, 0.4) is 0 Å². The topological polar surface area (TPSA) is 51.0 Å². The monoisotopic (exact) mass is 273 g/mol. The minimum Gasteiger partial charge on any atom is -0.469 e. The fourth-order valence-corrected chi connectivity index (χ4v) is 2.41. The zero-order valence-corrected chi connectivity index (χ0v) is 12.8. The first-order valence-corrected chi connectivity index (χ1v) is 7.22. The van der Waals surface area contributed by atoms with Crippen LogP contribution in [0.15, 0.2) is 16.7 Å². The lowest BCUT2D eigenvalue weighted by Gasteiger charge is -2.10. The van der Waals surface area contributed by atoms with Crippen molar-refractivity contribution in [2.75, 3.05) is 13.1 Å². The summed E-state index contributed by atoms with van der Waals surface area (Å²) >= 11 is 0. The van der Waals surface area contributed by atoms with E-state index in [2.05, 4.69) is 36.1 Å². The highest BCUT2D eigenvalue weighted by molar-refractivity contribution is 5.57. The molecule has 0 spiro atoms. The molecule has 2 heterocycles. The fraction of sp³-hybridized carbons (Fsp3) is 0.500. The zero-order chi connectivity index (χ0) is 14.5. The predicted molar refractivity (Wildman–Crippen MR) is 80.8 cm³/mol. The second kappa shape index (κ2) is 6.66. The Labute approximate surface area is 120 Å². The van der Waals surface area contributed by atoms with Crippen LogP contribution in [0.4, 0.5) is 0 Å². The molecule has 0 radical (unpaired) electrons. The number of rotatable bonds is 6. The van der Waals surface area contributed by atoms with Crippen molar-refractivity contribution in [1.29, 1.82) is 0 Å². The van der Waals surface area contributed by atoms with Crippen LogP contribution in [0, 0.1) is 20.8 Å². The molecule has 0 aliphatic rings. The quantitative estimate of drug-likeness (QED) is 0.821. The summed E-state index contributed by atoms with van der Waals surface area (Å²) in [6, 6.07) is 1.92. The molecule has 1 N–H and O–H groups in total. The molecule has 2 rings (SSSR count). The summed E-state index contributed by atoms with van der Waals surface area (Å²) in [5.41, 5.74) is 4.40. The highest BCUT2D eigenvalue weighted by atomic mass is 16.3. The molecular formula is C16H23N3O. The Hall–Kier alpha value is -1.68. The summed E-state index contributed by atoms with van der Waals surface area (Å²) in [5.74, 6) is 1.63. The molecule has 0 fully saturated rings. The maximum absolute atomic E-state index is 5.33. The van der Waals surface area contributed by atoms with Crippen molar-refractivity contribution in [1.82, 2.24) is 15.3 Å². The van der Waals surface area contributed by atoms with Gasteiger partial charge >= 0.3 is 0 Å². The maximum atomic E-state index is 5.33. The molecule has 4 heteroatoms. The normalized spacial score (nSPS) is 11.0. The Morgan fingerprint density at radius 3 is 2.40 bits per heavy atom. The van der Waals surface area contributed by atoms with Crippen LogP contribution in [0.5, 0.6) is 0 Å². The standard InChI is InChI=1S/C16H23N3O/c1-5-17-9-6-7-14-11(2)18-16(19-12(14)3)15-8-10-20-13(15)4/h8,10,17H,5-7,9H2,1-4H3. The van der Waals surface area contributed by atoms with Crippen molar-refractivity contribution in [3.05, 3.63) is 35.0 Å². The van der Waals surface area contributed by atoms with Crippen LogP contribution in [0.2, 0.25) is 0 Å². The van der Waals surface area contributed by atoms with Crippen LogP contribution in [-0.2, 0) is 6.42 Å². The number of nitrogens with one attached hydrogen (secondary N) is 1. The van der Waals surface area contributed by atoms with Gasteiger partial charge in [0, 0.05) is 11.4 Å². The number of furan rings is 1. The van der Waals surface area contributed by atoms with Gasteiger partial charge < -0.3 is 9.73 Å². The Morgan fingerprint density at radius 2 is 1.85 bits per heavy atom. The van der Waals surface area contributed by atoms with Gasteiger partial charge in [0.2, 0.25) is 0 Å². The van der Waals surface area contributed by atoms with Crippen molar-refractivity contribution in [3.8, 4) is 11.4 Å². The first kappa shape index (κ1) is 14.7. The summed E-state index contributed by atoms with van der Waals surface area (Å²) in [7, 11) is 0. The van der Waals surface area contributed by atoms with Crippen LogP contribution < -0.4 is 5.32 Å². The molecule has 0 bridgehead atoms. The van der Waals surface area contributed by atoms with E-state index in [-0.39, 0.29) is 0 Å². The van der Waals surface area contributed by atoms with Gasteiger partial charge in [0.05, 0.1) is 11.8 Å². The molecule has 108 valence electrons. The lowest BCUT2D eigenvalue weighted by molar-refractivity contribution is 0.535. The molecule has 0 aromatic carbocycles. The van der Waals surface area contributed by atoms with E-state index in [0.29, 0.717) is 0 Å². The van der Waals surface area contributed by atoms with Crippen molar-refractivity contribution in [2.45, 2.75) is 40.5 Å². The van der Waals surface area contributed by atoms with E-state index in [1.165, 1.54) is 5.56 Å². The predicted octanol–water partition coefficient (Wildman–Crippen LogP) is 3.20. The van der Waals surface area contributed by atoms with Gasteiger partial charge in [-0.2, -0.15) is 0 Å². The lowest BCUT2D eigenvalue weighted by Crippen LogP contribution is -2.15. The molecule has 0 amide bonds. The minimum absolute atomic E-state index is 0.765. The fourth-order valence-electron chi connectivity index (χ4n) is 2.41. The number of nitrogens with zero attached hydrogens (tertiary/aromatic N) is 2. The third-order valence-corrected chi connectivity index (χ3v) is 3.55. The van der Waals surface area contributed by atoms with Crippen LogP contribution in [0.25, 0.3) is 11.4 Å². The Balaban J connectivity index is 2.19. The SMILES string of the molecule is CCNCCCc1c(C)nc(-c2ccoc2C)nc1C. The summed E-state index contributed by atoms with van der Waals surface area (Å²) in [4.78, 5) is 9.29. The average molecular weight is 273 g/mol. The number of aromatic nitrogens is 2. The number of hydrogen-bond donors (Lipinski definition) is 1. The summed E-state index contributed by atoms with van der Waals surface area (Å²) in [5, 5.41) is 3.35. The number of hydrogen-bond acceptors (Lipinski definition) is 4. The molecule has 0 aliphatic heterocycles. The molecule has 0 aliphatic carbocycles. The lowest BCUT2D eigenvalue weighted by atomic mass is 10.1. The first-order chi connectivity index (χ1) is 9.63. The van der Waals surface area contributed by atoms with Gasteiger partial charge in [-0.1, -0.05) is 6.92 Å². The summed E-state index contributed by atoms with van der Waals surface area (Å²) in [6.07, 6.45) is 3.82. The van der Waals surface area contributed by atoms with Crippen molar-refractivity contribution in [2.24, 2.45) is 0 Å². The van der Waals surface area contributed by atoms with Crippen LogP contribution in [0.1, 0.15) is 36.1 Å². The molecule has 20 heavy (non-hydrogen) atoms. The van der Waals surface area contributed by atoms with Gasteiger partial charge in [-0.25, -0.2) is 9.97 Å². The van der Waals surface area contributed by atoms with Gasteiger partial charge in [0.25, 0.3) is 0 Å². The zero-order valence-electron chi connectivity index (χ0n) is 12.8. The molecule has 2 aromatic heterocycles. The second-order valence-corrected chi connectivity index (χ2v) is 5.04. The Morgan fingerprint density at radius 1 is 1.15 bits per heavy atom. The van der Waals surface area contributed by atoms with E-state index < -0.39 is 0 Å². The van der Waals surface area contributed by atoms with E-state index in [9.17, 15) is 0 Å². The molecule has 0 atom stereocenters. The maximum Gasteiger partial charge on any atom is 0.163 e. The van der Waals surface area contributed by atoms with E-state index >= 15 is 0 Å². The third kappa shape index (κ3) is 3.25. The van der Waals surface area contributed by atoms with Gasteiger partial charge in [0.1, 0.15) is 5.76 Å². The highest BCUT2D eigenvalue weighted by Gasteiger charge is 2.12. The smallest absolute Gasteiger partial charge is 0.163 e. The minimum atomic E-state index is 0.765. The Kier molecular flexibility index (Phi) is 4.90. The van der Waals surface area contributed by atoms with Gasteiger partial charge in [-0.3, -0.25) is 0 Å². The molecule has 0 saturated carbocycles. The molecular weight excluding hydrogens is 250 g/mol. The molecule has 4 nitrogen and oxygen atoms in total. The highest BCUT2D eigenvalue weighted by Crippen LogP contribution is 2.23. The summed E-state index contributed by atoms with van der Waals surface area (Å²) in [6.45, 7) is 10.3. The third-order valence-electron chi connectivity index (χ3n) is 3.55. The largest absolute Gasteiger partial charge is 0.469 e. The van der Waals surface area contributed by atoms with Crippen LogP contribution >= 0.6 is 0 Å². The second-order valence-electron chi connectivity index (χ2n) is 5.04. The molecule has 2 aromatic rings. The van der Waals surface area contributed by atoms with Crippen molar-refractivity contribution in [3.63, 3.8) is 0 Å². The molecule has 0 unspecified atom stereocenters. The first-order valence-electron chi connectivity index (χ1n) is 7.22. The van der Waals surface area contributed by atoms with E-state index in [0.717, 1.165) is 54.5 Å². The van der Waals surface area contributed by atoms with Gasteiger partial charge in [-0.15, -0.1) is 0 Å². The summed E-state index contributed by atoms with van der Waals surface area (Å²) < 4.78 is 5.33. The van der Waals surface area contributed by atoms with E-state index in [4.69, 9.17) is 4.42 Å². The van der Waals surface area contributed by atoms with Crippen molar-refractivity contribution < 1.29 is 4.42 Å². The molecule has 0 saturated heterocycles. The van der Waals surface area contributed by atoms with E-state index in [1.54, 1.807) is 6.26 Å². The van der Waals surface area contributed by atoms with Gasteiger partial charge in [-0.05, 0) is 58.3 Å². The number of aryl methyl sites for hydroxylation is 3. The average Bonchev–Trinajstić information content (AvgIpc) is 2.83. The van der Waals surface area contributed by atoms with Crippen LogP contribution in [-0.4, -0.2) is 23.1 Å². The van der Waals surface area contributed by atoms with Crippen molar-refractivity contribution >= 4 is 0 Å². The van der Waals surface area contributed by atoms with E-state index in [1.807, 2.05) is 13.0 Å². The van der Waals surface area contributed by atoms with Gasteiger partial charge in [0.15, 0.2) is 5.82 Å².